The summed E-state index contributed by atoms with van der Waals surface area (Å²) >= 11 is 0. The minimum atomic E-state index is -3.94. The Hall–Kier alpha value is -3.39. The molecule has 0 unspecified atom stereocenters. The highest BCUT2D eigenvalue weighted by Crippen LogP contribution is 2.27. The molecule has 0 saturated carbocycles. The number of anilines is 2. The maximum Gasteiger partial charge on any atom is 0.264 e. The van der Waals surface area contributed by atoms with Gasteiger partial charge in [-0.15, -0.1) is 0 Å². The zero-order chi connectivity index (χ0) is 23.3. The van der Waals surface area contributed by atoms with Gasteiger partial charge in [-0.05, 0) is 79.6 Å². The number of nitrogens with one attached hydrogen (secondary N) is 1. The van der Waals surface area contributed by atoms with Gasteiger partial charge in [-0.25, -0.2) is 12.8 Å². The first-order valence-corrected chi connectivity index (χ1v) is 11.4. The standard InChI is InChI=1S/C24H25FN2O4S/c1-17-7-12-23(15-18(17)2)32(29,30)27(21-8-10-22(31-3)11-9-21)14-13-24(28)26-20-6-4-5-19(25)16-20/h4-12,15-16H,13-14H2,1-3H3,(H,26,28). The first kappa shape index (κ1) is 23.3. The van der Waals surface area contributed by atoms with E-state index in [1.165, 1.54) is 29.6 Å². The Bertz CT molecular complexity index is 1210. The van der Waals surface area contributed by atoms with Crippen LogP contribution in [0, 0.1) is 19.7 Å². The molecule has 0 bridgehead atoms. The molecule has 0 heterocycles. The second-order valence-corrected chi connectivity index (χ2v) is 9.19. The number of carbonyl (C=O) groups excluding carboxylic acids is 1. The van der Waals surface area contributed by atoms with Crippen molar-refractivity contribution in [3.63, 3.8) is 0 Å². The molecule has 168 valence electrons. The molecule has 8 heteroatoms. The number of hydrogen-bond acceptors (Lipinski definition) is 4. The number of amides is 1. The van der Waals surface area contributed by atoms with Crippen molar-refractivity contribution in [2.75, 3.05) is 23.3 Å². The highest BCUT2D eigenvalue weighted by molar-refractivity contribution is 7.92. The Kier molecular flexibility index (Phi) is 7.15. The Balaban J connectivity index is 1.88. The fourth-order valence-corrected chi connectivity index (χ4v) is 4.68. The fourth-order valence-electron chi connectivity index (χ4n) is 3.13. The fraction of sp³-hybridized carbons (Fsp3) is 0.208. The van der Waals surface area contributed by atoms with Gasteiger partial charge >= 0.3 is 0 Å². The topological polar surface area (TPSA) is 75.7 Å². The van der Waals surface area contributed by atoms with Crippen LogP contribution in [0.1, 0.15) is 17.5 Å². The molecule has 3 aromatic rings. The van der Waals surface area contributed by atoms with Crippen molar-refractivity contribution in [2.24, 2.45) is 0 Å². The Morgan fingerprint density at radius 3 is 2.34 bits per heavy atom. The van der Waals surface area contributed by atoms with Gasteiger partial charge in [0.25, 0.3) is 10.0 Å². The van der Waals surface area contributed by atoms with Gasteiger partial charge in [0.1, 0.15) is 11.6 Å². The molecule has 0 spiro atoms. The van der Waals surface area contributed by atoms with Crippen molar-refractivity contribution >= 4 is 27.3 Å². The van der Waals surface area contributed by atoms with Crippen LogP contribution in [0.2, 0.25) is 0 Å². The van der Waals surface area contributed by atoms with Gasteiger partial charge in [-0.2, -0.15) is 0 Å². The molecule has 0 aliphatic rings. The van der Waals surface area contributed by atoms with E-state index in [9.17, 15) is 17.6 Å². The van der Waals surface area contributed by atoms with Gasteiger partial charge in [0.05, 0.1) is 17.7 Å². The van der Waals surface area contributed by atoms with Crippen molar-refractivity contribution in [1.82, 2.24) is 0 Å². The number of nitrogens with zero attached hydrogens (tertiary/aromatic N) is 1. The number of methoxy groups -OCH3 is 1. The van der Waals surface area contributed by atoms with E-state index in [-0.39, 0.29) is 17.9 Å². The summed E-state index contributed by atoms with van der Waals surface area (Å²) in [6.07, 6.45) is -0.118. The maximum absolute atomic E-state index is 13.5. The second-order valence-electron chi connectivity index (χ2n) is 7.33. The Morgan fingerprint density at radius 2 is 1.72 bits per heavy atom. The highest BCUT2D eigenvalue weighted by Gasteiger charge is 2.26. The van der Waals surface area contributed by atoms with Gasteiger partial charge < -0.3 is 10.1 Å². The van der Waals surface area contributed by atoms with Crippen LogP contribution >= 0.6 is 0 Å². The van der Waals surface area contributed by atoms with E-state index in [4.69, 9.17) is 4.74 Å². The lowest BCUT2D eigenvalue weighted by Gasteiger charge is -2.25. The minimum absolute atomic E-state index is 0.0945. The molecular weight excluding hydrogens is 431 g/mol. The molecule has 6 nitrogen and oxygen atoms in total. The molecule has 0 aromatic heterocycles. The lowest BCUT2D eigenvalue weighted by molar-refractivity contribution is -0.116. The molecule has 0 saturated heterocycles. The van der Waals surface area contributed by atoms with E-state index >= 15 is 0 Å². The van der Waals surface area contributed by atoms with E-state index in [0.29, 0.717) is 17.1 Å². The number of sulfonamides is 1. The van der Waals surface area contributed by atoms with Crippen LogP contribution in [0.5, 0.6) is 5.75 Å². The first-order valence-electron chi connectivity index (χ1n) is 10.00. The third kappa shape index (κ3) is 5.45. The molecule has 0 atom stereocenters. The lowest BCUT2D eigenvalue weighted by atomic mass is 10.1. The van der Waals surface area contributed by atoms with Crippen molar-refractivity contribution in [1.29, 1.82) is 0 Å². The molecule has 1 N–H and O–H groups in total. The number of benzene rings is 3. The normalized spacial score (nSPS) is 11.1. The summed E-state index contributed by atoms with van der Waals surface area (Å²) < 4.78 is 46.7. The molecule has 32 heavy (non-hydrogen) atoms. The summed E-state index contributed by atoms with van der Waals surface area (Å²) in [6, 6.07) is 17.0. The molecule has 0 aliphatic heterocycles. The van der Waals surface area contributed by atoms with Gasteiger partial charge in [0, 0.05) is 18.7 Å². The highest BCUT2D eigenvalue weighted by atomic mass is 32.2. The largest absolute Gasteiger partial charge is 0.497 e. The lowest BCUT2D eigenvalue weighted by Crippen LogP contribution is -2.34. The predicted molar refractivity (Wildman–Crippen MR) is 123 cm³/mol. The Morgan fingerprint density at radius 1 is 1.00 bits per heavy atom. The van der Waals surface area contributed by atoms with Crippen LogP contribution in [0.3, 0.4) is 0 Å². The summed E-state index contributed by atoms with van der Waals surface area (Å²) in [5.41, 5.74) is 2.55. The average Bonchev–Trinajstić information content (AvgIpc) is 2.76. The van der Waals surface area contributed by atoms with E-state index < -0.39 is 21.7 Å². The summed E-state index contributed by atoms with van der Waals surface area (Å²) in [5.74, 6) is -0.314. The smallest absolute Gasteiger partial charge is 0.264 e. The second kappa shape index (κ2) is 9.82. The van der Waals surface area contributed by atoms with Crippen LogP contribution in [0.15, 0.2) is 71.6 Å². The minimum Gasteiger partial charge on any atom is -0.497 e. The monoisotopic (exact) mass is 456 g/mol. The zero-order valence-corrected chi connectivity index (χ0v) is 18.9. The first-order chi connectivity index (χ1) is 15.2. The van der Waals surface area contributed by atoms with Gasteiger partial charge in [-0.3, -0.25) is 9.10 Å². The molecule has 0 aliphatic carbocycles. The molecule has 3 aromatic carbocycles. The van der Waals surface area contributed by atoms with E-state index in [0.717, 1.165) is 11.1 Å². The zero-order valence-electron chi connectivity index (χ0n) is 18.1. The van der Waals surface area contributed by atoms with Crippen molar-refractivity contribution < 1.29 is 22.3 Å². The third-order valence-corrected chi connectivity index (χ3v) is 6.90. The number of rotatable bonds is 8. The Labute approximate surface area is 187 Å². The molecule has 0 radical (unpaired) electrons. The molecule has 0 fully saturated rings. The SMILES string of the molecule is COc1ccc(N(CCC(=O)Nc2cccc(F)c2)S(=O)(=O)c2ccc(C)c(C)c2)cc1. The van der Waals surface area contributed by atoms with E-state index in [2.05, 4.69) is 5.32 Å². The van der Waals surface area contributed by atoms with Crippen LogP contribution in [-0.4, -0.2) is 28.0 Å². The number of hydrogen-bond donors (Lipinski definition) is 1. The summed E-state index contributed by atoms with van der Waals surface area (Å²) in [4.78, 5) is 12.6. The number of ether oxygens (including phenoxy) is 1. The predicted octanol–water partition coefficient (Wildman–Crippen LogP) is 4.68. The van der Waals surface area contributed by atoms with Crippen molar-refractivity contribution in [3.05, 3.63) is 83.7 Å². The van der Waals surface area contributed by atoms with Crippen molar-refractivity contribution in [3.8, 4) is 5.75 Å². The van der Waals surface area contributed by atoms with Crippen LogP contribution in [-0.2, 0) is 14.8 Å². The van der Waals surface area contributed by atoms with Crippen molar-refractivity contribution in [2.45, 2.75) is 25.2 Å². The molecule has 3 rings (SSSR count). The molecule has 1 amide bonds. The van der Waals surface area contributed by atoms with E-state index in [1.807, 2.05) is 13.8 Å². The average molecular weight is 457 g/mol. The maximum atomic E-state index is 13.5. The van der Waals surface area contributed by atoms with Gasteiger partial charge in [0.15, 0.2) is 0 Å². The number of aryl methyl sites for hydroxylation is 2. The van der Waals surface area contributed by atoms with Crippen LogP contribution in [0.25, 0.3) is 0 Å². The van der Waals surface area contributed by atoms with Crippen LogP contribution < -0.4 is 14.4 Å². The van der Waals surface area contributed by atoms with E-state index in [1.54, 1.807) is 48.5 Å². The van der Waals surface area contributed by atoms with Crippen LogP contribution in [0.4, 0.5) is 15.8 Å². The molecular formula is C24H25FN2O4S. The number of halogens is 1. The summed E-state index contributed by atoms with van der Waals surface area (Å²) in [6.45, 7) is 3.66. The third-order valence-electron chi connectivity index (χ3n) is 5.08. The number of carbonyl (C=O) groups is 1. The van der Waals surface area contributed by atoms with Gasteiger partial charge in [0.2, 0.25) is 5.91 Å². The summed E-state index contributed by atoms with van der Waals surface area (Å²) in [7, 11) is -2.41. The summed E-state index contributed by atoms with van der Waals surface area (Å²) in [5, 5.41) is 2.60. The van der Waals surface area contributed by atoms with Gasteiger partial charge in [-0.1, -0.05) is 12.1 Å². The quantitative estimate of drug-likeness (QED) is 0.534.